The number of carbonyl (C=O) groups excluding carboxylic acids is 1. The lowest BCUT2D eigenvalue weighted by molar-refractivity contribution is -0.141. The van der Waals surface area contributed by atoms with Gasteiger partial charge in [0.15, 0.2) is 0 Å². The van der Waals surface area contributed by atoms with Crippen molar-refractivity contribution in [3.8, 4) is 0 Å². The standard InChI is InChI=1S/C13H16BrNO4/c1-8-3-4-9(10(14)5-8)12(18)15-7-13(2,19)6-11(16)17/h3-5,19H,6-7H2,1-2H3,(H,15,18)(H,16,17). The van der Waals surface area contributed by atoms with E-state index in [2.05, 4.69) is 21.2 Å². The van der Waals surface area contributed by atoms with E-state index in [0.717, 1.165) is 5.56 Å². The topological polar surface area (TPSA) is 86.6 Å². The molecular formula is C13H16BrNO4. The molecule has 0 bridgehead atoms. The predicted molar refractivity (Wildman–Crippen MR) is 74.1 cm³/mol. The van der Waals surface area contributed by atoms with Gasteiger partial charge in [-0.25, -0.2) is 0 Å². The number of carboxylic acids is 1. The molecule has 19 heavy (non-hydrogen) atoms. The Morgan fingerprint density at radius 1 is 1.42 bits per heavy atom. The van der Waals surface area contributed by atoms with Crippen LogP contribution in [0.3, 0.4) is 0 Å². The Morgan fingerprint density at radius 2 is 2.05 bits per heavy atom. The third kappa shape index (κ3) is 5.00. The van der Waals surface area contributed by atoms with Gasteiger partial charge in [-0.3, -0.25) is 9.59 Å². The highest BCUT2D eigenvalue weighted by molar-refractivity contribution is 9.10. The maximum atomic E-state index is 11.9. The number of halogens is 1. The first-order chi connectivity index (χ1) is 8.71. The summed E-state index contributed by atoms with van der Waals surface area (Å²) >= 11 is 3.29. The molecule has 1 aromatic rings. The van der Waals surface area contributed by atoms with Crippen LogP contribution in [0.5, 0.6) is 0 Å². The first kappa shape index (κ1) is 15.7. The van der Waals surface area contributed by atoms with Gasteiger partial charge < -0.3 is 15.5 Å². The van der Waals surface area contributed by atoms with Crippen LogP contribution in [0.4, 0.5) is 0 Å². The summed E-state index contributed by atoms with van der Waals surface area (Å²) in [4.78, 5) is 22.5. The Labute approximate surface area is 119 Å². The summed E-state index contributed by atoms with van der Waals surface area (Å²) in [7, 11) is 0. The van der Waals surface area contributed by atoms with Gasteiger partial charge in [-0.1, -0.05) is 6.07 Å². The molecule has 0 radical (unpaired) electrons. The van der Waals surface area contributed by atoms with E-state index >= 15 is 0 Å². The van der Waals surface area contributed by atoms with Crippen LogP contribution in [-0.2, 0) is 4.79 Å². The molecule has 0 aromatic heterocycles. The normalized spacial score (nSPS) is 13.7. The minimum atomic E-state index is -1.47. The second-order valence-corrected chi connectivity index (χ2v) is 5.59. The minimum Gasteiger partial charge on any atom is -0.481 e. The fourth-order valence-corrected chi connectivity index (χ4v) is 2.23. The van der Waals surface area contributed by atoms with Crippen LogP contribution >= 0.6 is 15.9 Å². The van der Waals surface area contributed by atoms with E-state index < -0.39 is 18.0 Å². The second kappa shape index (κ2) is 6.16. The maximum absolute atomic E-state index is 11.9. The van der Waals surface area contributed by atoms with E-state index in [9.17, 15) is 14.7 Å². The van der Waals surface area contributed by atoms with Crippen molar-refractivity contribution in [2.75, 3.05) is 6.54 Å². The zero-order valence-corrected chi connectivity index (χ0v) is 12.3. The van der Waals surface area contributed by atoms with Crippen molar-refractivity contribution >= 4 is 27.8 Å². The Balaban J connectivity index is 2.68. The van der Waals surface area contributed by atoms with E-state index in [1.54, 1.807) is 12.1 Å². The molecule has 0 aliphatic heterocycles. The van der Waals surface area contributed by atoms with Gasteiger partial charge in [0.1, 0.15) is 0 Å². The molecule has 1 aromatic carbocycles. The Hall–Kier alpha value is -1.40. The molecular weight excluding hydrogens is 314 g/mol. The molecule has 0 saturated carbocycles. The van der Waals surface area contributed by atoms with E-state index in [1.807, 2.05) is 13.0 Å². The van der Waals surface area contributed by atoms with Gasteiger partial charge in [-0.15, -0.1) is 0 Å². The van der Waals surface area contributed by atoms with Crippen LogP contribution in [0.25, 0.3) is 0 Å². The number of nitrogens with one attached hydrogen (secondary N) is 1. The molecule has 1 atom stereocenters. The average Bonchev–Trinajstić information content (AvgIpc) is 2.24. The maximum Gasteiger partial charge on any atom is 0.306 e. The lowest BCUT2D eigenvalue weighted by Crippen LogP contribution is -2.42. The van der Waals surface area contributed by atoms with Crippen molar-refractivity contribution in [2.45, 2.75) is 25.9 Å². The summed E-state index contributed by atoms with van der Waals surface area (Å²) in [6.07, 6.45) is -0.428. The number of carboxylic acid groups (broad SMARTS) is 1. The summed E-state index contributed by atoms with van der Waals surface area (Å²) in [5.74, 6) is -1.48. The van der Waals surface area contributed by atoms with Crippen LogP contribution in [0.1, 0.15) is 29.3 Å². The number of aliphatic hydroxyl groups is 1. The number of carbonyl (C=O) groups is 2. The van der Waals surface area contributed by atoms with Gasteiger partial charge in [-0.05, 0) is 47.5 Å². The molecule has 0 spiro atoms. The first-order valence-corrected chi connectivity index (χ1v) is 6.49. The third-order valence-corrected chi connectivity index (χ3v) is 3.19. The Bertz CT molecular complexity index is 499. The number of benzene rings is 1. The van der Waals surface area contributed by atoms with Gasteiger partial charge in [0, 0.05) is 11.0 Å². The molecule has 1 rings (SSSR count). The summed E-state index contributed by atoms with van der Waals surface area (Å²) in [5, 5.41) is 20.9. The number of hydrogen-bond donors (Lipinski definition) is 3. The van der Waals surface area contributed by atoms with Crippen molar-refractivity contribution < 1.29 is 19.8 Å². The third-order valence-electron chi connectivity index (χ3n) is 2.53. The molecule has 1 unspecified atom stereocenters. The lowest BCUT2D eigenvalue weighted by atomic mass is 10.0. The molecule has 0 aliphatic rings. The van der Waals surface area contributed by atoms with Crippen LogP contribution in [0.2, 0.25) is 0 Å². The van der Waals surface area contributed by atoms with Crippen LogP contribution in [-0.4, -0.2) is 34.2 Å². The second-order valence-electron chi connectivity index (χ2n) is 4.73. The molecule has 104 valence electrons. The van der Waals surface area contributed by atoms with Crippen molar-refractivity contribution in [2.24, 2.45) is 0 Å². The summed E-state index contributed by atoms with van der Waals surface area (Å²) in [6, 6.07) is 5.28. The molecule has 0 heterocycles. The monoisotopic (exact) mass is 329 g/mol. The molecule has 0 aliphatic carbocycles. The number of hydrogen-bond acceptors (Lipinski definition) is 3. The molecule has 5 nitrogen and oxygen atoms in total. The van der Waals surface area contributed by atoms with Gasteiger partial charge in [0.25, 0.3) is 5.91 Å². The molecule has 1 amide bonds. The molecule has 0 saturated heterocycles. The average molecular weight is 330 g/mol. The van der Waals surface area contributed by atoms with Crippen LogP contribution < -0.4 is 5.32 Å². The fraction of sp³-hybridized carbons (Fsp3) is 0.385. The largest absolute Gasteiger partial charge is 0.481 e. The van der Waals surface area contributed by atoms with E-state index in [4.69, 9.17) is 5.11 Å². The van der Waals surface area contributed by atoms with Crippen LogP contribution in [0, 0.1) is 6.92 Å². The SMILES string of the molecule is Cc1ccc(C(=O)NCC(C)(O)CC(=O)O)c(Br)c1. The smallest absolute Gasteiger partial charge is 0.306 e. The summed E-state index contributed by atoms with van der Waals surface area (Å²) in [5.41, 5.74) is -0.0170. The summed E-state index contributed by atoms with van der Waals surface area (Å²) < 4.78 is 0.655. The minimum absolute atomic E-state index is 0.127. The number of amides is 1. The highest BCUT2D eigenvalue weighted by Crippen LogP contribution is 2.18. The van der Waals surface area contributed by atoms with Gasteiger partial charge in [0.2, 0.25) is 0 Å². The fourth-order valence-electron chi connectivity index (χ4n) is 1.56. The van der Waals surface area contributed by atoms with Gasteiger partial charge >= 0.3 is 5.97 Å². The Morgan fingerprint density at radius 3 is 2.58 bits per heavy atom. The van der Waals surface area contributed by atoms with E-state index in [1.165, 1.54) is 6.92 Å². The van der Waals surface area contributed by atoms with Crippen molar-refractivity contribution in [1.82, 2.24) is 5.32 Å². The highest BCUT2D eigenvalue weighted by atomic mass is 79.9. The zero-order valence-electron chi connectivity index (χ0n) is 10.7. The van der Waals surface area contributed by atoms with Gasteiger partial charge in [-0.2, -0.15) is 0 Å². The van der Waals surface area contributed by atoms with Crippen LogP contribution in [0.15, 0.2) is 22.7 Å². The first-order valence-electron chi connectivity index (χ1n) is 5.70. The molecule has 3 N–H and O–H groups in total. The summed E-state index contributed by atoms with van der Waals surface area (Å²) in [6.45, 7) is 3.15. The van der Waals surface area contributed by atoms with E-state index in [-0.39, 0.29) is 12.5 Å². The zero-order chi connectivity index (χ0) is 14.6. The van der Waals surface area contributed by atoms with Crippen molar-refractivity contribution in [3.63, 3.8) is 0 Å². The number of rotatable bonds is 5. The number of aryl methyl sites for hydroxylation is 1. The predicted octanol–water partition coefficient (Wildman–Crippen LogP) is 1.71. The van der Waals surface area contributed by atoms with Gasteiger partial charge in [0.05, 0.1) is 17.6 Å². The van der Waals surface area contributed by atoms with Crippen molar-refractivity contribution in [1.29, 1.82) is 0 Å². The number of aliphatic carboxylic acids is 1. The van der Waals surface area contributed by atoms with E-state index in [0.29, 0.717) is 10.0 Å². The lowest BCUT2D eigenvalue weighted by Gasteiger charge is -2.21. The molecule has 0 fully saturated rings. The van der Waals surface area contributed by atoms with Crippen molar-refractivity contribution in [3.05, 3.63) is 33.8 Å². The molecule has 6 heteroatoms. The quantitative estimate of drug-likeness (QED) is 0.767. The Kier molecular flexibility index (Phi) is 5.08. The highest BCUT2D eigenvalue weighted by Gasteiger charge is 2.25.